The molecule has 2 aliphatic heterocycles. The summed E-state index contributed by atoms with van der Waals surface area (Å²) in [5, 5.41) is 0. The highest BCUT2D eigenvalue weighted by molar-refractivity contribution is 5.91. The average Bonchev–Trinajstić information content (AvgIpc) is 2.65. The quantitative estimate of drug-likeness (QED) is 0.285. The Bertz CT molecular complexity index is 506. The van der Waals surface area contributed by atoms with E-state index in [4.69, 9.17) is 9.47 Å². The summed E-state index contributed by atoms with van der Waals surface area (Å²) < 4.78 is 11.8. The molecule has 0 aromatic carbocycles. The van der Waals surface area contributed by atoms with Gasteiger partial charge in [-0.1, -0.05) is 18.2 Å². The lowest BCUT2D eigenvalue weighted by molar-refractivity contribution is -0.141. The fourth-order valence-electron chi connectivity index (χ4n) is 4.45. The highest BCUT2D eigenvalue weighted by Crippen LogP contribution is 2.67. The van der Waals surface area contributed by atoms with Gasteiger partial charge in [-0.25, -0.2) is 4.79 Å². The molecule has 0 bridgehead atoms. The van der Waals surface area contributed by atoms with E-state index in [2.05, 4.69) is 26.5 Å². The van der Waals surface area contributed by atoms with E-state index >= 15 is 0 Å². The van der Waals surface area contributed by atoms with Crippen molar-refractivity contribution in [3.8, 4) is 0 Å². The van der Waals surface area contributed by atoms with Crippen LogP contribution in [-0.2, 0) is 14.3 Å². The molecule has 0 N–H and O–H groups in total. The van der Waals surface area contributed by atoms with Crippen molar-refractivity contribution in [3.63, 3.8) is 0 Å². The highest BCUT2D eigenvalue weighted by Gasteiger charge is 2.75. The molecule has 0 radical (unpaired) electrons. The molecule has 4 rings (SSSR count). The number of carbonyl (C=O) groups is 1. The normalized spacial score (nSPS) is 53.0. The smallest absolute Gasteiger partial charge is 0.334 e. The van der Waals surface area contributed by atoms with Crippen LogP contribution in [0.4, 0.5) is 0 Å². The fraction of sp³-hybridized carbons (Fsp3) is 0.667. The highest BCUT2D eigenvalue weighted by atomic mass is 16.6. The molecule has 0 aromatic rings. The van der Waals surface area contributed by atoms with Crippen LogP contribution >= 0.6 is 0 Å². The SMILES string of the molecule is C=C1C(=O)O[C@@H]2[C@@H]1CC[C@]1(C)O[C@@]13CC=C(C)[C@H]23. The van der Waals surface area contributed by atoms with Gasteiger partial charge < -0.3 is 9.47 Å². The standard InChI is InChI=1S/C15H18O3/c1-8-4-7-15-11(8)12-10(9(2)13(16)17-12)5-6-14(15,3)18-15/h4,10-12H,2,5-7H2,1,3H3/t10-,11-,12-,14+,15-/m1/s1. The van der Waals surface area contributed by atoms with Crippen molar-refractivity contribution in [2.45, 2.75) is 50.4 Å². The molecule has 0 amide bonds. The molecule has 18 heavy (non-hydrogen) atoms. The average molecular weight is 246 g/mol. The molecule has 5 atom stereocenters. The minimum atomic E-state index is -0.205. The largest absolute Gasteiger partial charge is 0.458 e. The Kier molecular flexibility index (Phi) is 1.74. The Morgan fingerprint density at radius 3 is 3.06 bits per heavy atom. The molecule has 4 aliphatic rings. The minimum Gasteiger partial charge on any atom is -0.458 e. The van der Waals surface area contributed by atoms with E-state index in [9.17, 15) is 4.79 Å². The van der Waals surface area contributed by atoms with Gasteiger partial charge in [-0.15, -0.1) is 0 Å². The number of esters is 1. The van der Waals surface area contributed by atoms with Crippen molar-refractivity contribution >= 4 is 5.97 Å². The molecular formula is C15H18O3. The second kappa shape index (κ2) is 2.90. The van der Waals surface area contributed by atoms with Crippen LogP contribution in [0, 0.1) is 11.8 Å². The number of epoxide rings is 1. The number of ether oxygens (including phenoxy) is 2. The molecule has 0 aromatic heterocycles. The van der Waals surface area contributed by atoms with Crippen LogP contribution in [0.3, 0.4) is 0 Å². The van der Waals surface area contributed by atoms with Gasteiger partial charge in [0, 0.05) is 17.4 Å². The summed E-state index contributed by atoms with van der Waals surface area (Å²) in [6.45, 7) is 8.27. The lowest BCUT2D eigenvalue weighted by Gasteiger charge is -2.26. The summed E-state index contributed by atoms with van der Waals surface area (Å²) in [6.07, 6.45) is 5.13. The molecule has 3 nitrogen and oxygen atoms in total. The Morgan fingerprint density at radius 1 is 1.50 bits per heavy atom. The molecule has 0 unspecified atom stereocenters. The number of hydrogen-bond donors (Lipinski definition) is 0. The van der Waals surface area contributed by atoms with Crippen LogP contribution in [0.1, 0.15) is 33.1 Å². The Labute approximate surface area is 107 Å². The van der Waals surface area contributed by atoms with Crippen molar-refractivity contribution in [2.24, 2.45) is 11.8 Å². The molecule has 1 saturated carbocycles. The van der Waals surface area contributed by atoms with Crippen molar-refractivity contribution in [2.75, 3.05) is 0 Å². The zero-order valence-electron chi connectivity index (χ0n) is 10.9. The van der Waals surface area contributed by atoms with Crippen LogP contribution < -0.4 is 0 Å². The number of fused-ring (bicyclic) bond motifs is 2. The van der Waals surface area contributed by atoms with Crippen LogP contribution in [-0.4, -0.2) is 23.3 Å². The second-order valence-corrected chi connectivity index (χ2v) is 6.39. The monoisotopic (exact) mass is 246 g/mol. The van der Waals surface area contributed by atoms with Crippen molar-refractivity contribution in [3.05, 3.63) is 23.8 Å². The summed E-state index contributed by atoms with van der Waals surface area (Å²) in [6, 6.07) is 0. The predicted molar refractivity (Wildman–Crippen MR) is 65.8 cm³/mol. The van der Waals surface area contributed by atoms with E-state index < -0.39 is 0 Å². The maximum atomic E-state index is 11.8. The zero-order valence-corrected chi connectivity index (χ0v) is 10.9. The molecule has 1 spiro atoms. The summed E-state index contributed by atoms with van der Waals surface area (Å²) in [7, 11) is 0. The number of hydrogen-bond acceptors (Lipinski definition) is 3. The van der Waals surface area contributed by atoms with Gasteiger partial charge in [-0.2, -0.15) is 0 Å². The third kappa shape index (κ3) is 0.993. The topological polar surface area (TPSA) is 38.8 Å². The maximum absolute atomic E-state index is 11.8. The maximum Gasteiger partial charge on any atom is 0.334 e. The first kappa shape index (κ1) is 10.8. The minimum absolute atomic E-state index is 0.0248. The molecular weight excluding hydrogens is 228 g/mol. The van der Waals surface area contributed by atoms with Gasteiger partial charge in [0.1, 0.15) is 11.7 Å². The lowest BCUT2D eigenvalue weighted by atomic mass is 9.78. The van der Waals surface area contributed by atoms with Gasteiger partial charge in [0.2, 0.25) is 0 Å². The van der Waals surface area contributed by atoms with E-state index in [1.54, 1.807) is 0 Å². The van der Waals surface area contributed by atoms with Gasteiger partial charge in [0.25, 0.3) is 0 Å². The third-order valence-electron chi connectivity index (χ3n) is 5.59. The number of carbonyl (C=O) groups excluding carboxylic acids is 1. The molecule has 3 fully saturated rings. The van der Waals surface area contributed by atoms with E-state index in [0.29, 0.717) is 5.57 Å². The van der Waals surface area contributed by atoms with E-state index in [1.165, 1.54) is 5.57 Å². The first-order valence-corrected chi connectivity index (χ1v) is 6.75. The third-order valence-corrected chi connectivity index (χ3v) is 5.59. The van der Waals surface area contributed by atoms with Gasteiger partial charge in [-0.3, -0.25) is 0 Å². The van der Waals surface area contributed by atoms with Gasteiger partial charge in [0.15, 0.2) is 0 Å². The molecule has 2 heterocycles. The van der Waals surface area contributed by atoms with Crippen molar-refractivity contribution < 1.29 is 14.3 Å². The van der Waals surface area contributed by atoms with Gasteiger partial charge in [0.05, 0.1) is 5.60 Å². The Hall–Kier alpha value is -1.09. The summed E-state index contributed by atoms with van der Waals surface area (Å²) >= 11 is 0. The van der Waals surface area contributed by atoms with Gasteiger partial charge >= 0.3 is 5.97 Å². The van der Waals surface area contributed by atoms with E-state index in [1.807, 2.05) is 0 Å². The van der Waals surface area contributed by atoms with E-state index in [0.717, 1.165) is 19.3 Å². The summed E-state index contributed by atoms with van der Waals surface area (Å²) in [5.41, 5.74) is 1.86. The van der Waals surface area contributed by atoms with E-state index in [-0.39, 0.29) is 35.1 Å². The molecule has 96 valence electrons. The Morgan fingerprint density at radius 2 is 2.28 bits per heavy atom. The number of rotatable bonds is 0. The van der Waals surface area contributed by atoms with Crippen LogP contribution in [0.25, 0.3) is 0 Å². The Balaban J connectivity index is 1.81. The van der Waals surface area contributed by atoms with Crippen molar-refractivity contribution in [1.29, 1.82) is 0 Å². The molecule has 3 heteroatoms. The molecule has 2 saturated heterocycles. The first-order chi connectivity index (χ1) is 8.48. The second-order valence-electron chi connectivity index (χ2n) is 6.39. The summed E-state index contributed by atoms with van der Waals surface area (Å²) in [5.74, 6) is 0.219. The predicted octanol–water partition coefficient (Wildman–Crippen LogP) is 2.37. The molecule has 2 aliphatic carbocycles. The lowest BCUT2D eigenvalue weighted by Crippen LogP contribution is -2.37. The summed E-state index contributed by atoms with van der Waals surface area (Å²) in [4.78, 5) is 11.8. The fourth-order valence-corrected chi connectivity index (χ4v) is 4.45. The van der Waals surface area contributed by atoms with Crippen LogP contribution in [0.15, 0.2) is 23.8 Å². The van der Waals surface area contributed by atoms with Crippen LogP contribution in [0.2, 0.25) is 0 Å². The zero-order chi connectivity index (χ0) is 12.7. The van der Waals surface area contributed by atoms with Crippen LogP contribution in [0.5, 0.6) is 0 Å². The van der Waals surface area contributed by atoms with Crippen molar-refractivity contribution in [1.82, 2.24) is 0 Å². The first-order valence-electron chi connectivity index (χ1n) is 6.75. The van der Waals surface area contributed by atoms with Gasteiger partial charge in [-0.05, 0) is 33.1 Å².